The molecule has 0 aliphatic carbocycles. The molecule has 0 saturated heterocycles. The highest BCUT2D eigenvalue weighted by molar-refractivity contribution is 6.64. The van der Waals surface area contributed by atoms with Crippen LogP contribution < -0.4 is 10.9 Å². The van der Waals surface area contributed by atoms with Gasteiger partial charge in [0.25, 0.3) is 0 Å². The number of para-hydroxylation sites is 2. The zero-order valence-corrected chi connectivity index (χ0v) is 14.0. The molecule has 0 aromatic heterocycles. The zero-order chi connectivity index (χ0) is 18.0. The fraction of sp³-hybridized carbons (Fsp3) is 0. The van der Waals surface area contributed by atoms with Crippen LogP contribution >= 0.6 is 0 Å². The standard InChI is InChI=1S/C21H18N4O/c26-21(17-10-4-1-5-11-17)20(25-24-19-14-8-3-9-15-19)16-22-23-18-12-6-2-7-13-18/h1-16,23-24H/b22-16-,25-20-. The lowest BCUT2D eigenvalue weighted by atomic mass is 10.1. The Balaban J connectivity index is 1.79. The summed E-state index contributed by atoms with van der Waals surface area (Å²) >= 11 is 0. The molecule has 5 nitrogen and oxygen atoms in total. The van der Waals surface area contributed by atoms with Crippen molar-refractivity contribution in [3.05, 3.63) is 96.6 Å². The maximum Gasteiger partial charge on any atom is 0.214 e. The molecule has 0 bridgehead atoms. The van der Waals surface area contributed by atoms with Gasteiger partial charge in [0.05, 0.1) is 17.6 Å². The summed E-state index contributed by atoms with van der Waals surface area (Å²) in [6, 6.07) is 27.9. The van der Waals surface area contributed by atoms with E-state index < -0.39 is 0 Å². The van der Waals surface area contributed by atoms with Crippen molar-refractivity contribution in [2.75, 3.05) is 10.9 Å². The normalized spacial score (nSPS) is 11.3. The first-order valence-corrected chi connectivity index (χ1v) is 8.15. The van der Waals surface area contributed by atoms with Crippen molar-refractivity contribution in [2.24, 2.45) is 10.2 Å². The summed E-state index contributed by atoms with van der Waals surface area (Å²) in [5.41, 5.74) is 8.14. The van der Waals surface area contributed by atoms with E-state index in [2.05, 4.69) is 21.1 Å². The third-order valence-electron chi connectivity index (χ3n) is 3.50. The van der Waals surface area contributed by atoms with E-state index in [4.69, 9.17) is 0 Å². The van der Waals surface area contributed by atoms with E-state index in [9.17, 15) is 4.79 Å². The molecule has 0 aliphatic heterocycles. The molecule has 3 aromatic carbocycles. The van der Waals surface area contributed by atoms with Crippen molar-refractivity contribution in [1.29, 1.82) is 0 Å². The minimum absolute atomic E-state index is 0.198. The first-order valence-electron chi connectivity index (χ1n) is 8.15. The van der Waals surface area contributed by atoms with Gasteiger partial charge in [-0.2, -0.15) is 10.2 Å². The Kier molecular flexibility index (Phi) is 5.88. The predicted molar refractivity (Wildman–Crippen MR) is 107 cm³/mol. The number of nitrogens with one attached hydrogen (secondary N) is 2. The second kappa shape index (κ2) is 8.94. The van der Waals surface area contributed by atoms with Gasteiger partial charge in [-0.05, 0) is 24.3 Å². The Hall–Kier alpha value is -3.73. The van der Waals surface area contributed by atoms with E-state index in [0.717, 1.165) is 11.4 Å². The van der Waals surface area contributed by atoms with Gasteiger partial charge in [0.1, 0.15) is 0 Å². The van der Waals surface area contributed by atoms with E-state index in [0.29, 0.717) is 5.56 Å². The summed E-state index contributed by atoms with van der Waals surface area (Å²) < 4.78 is 0. The van der Waals surface area contributed by atoms with Crippen LogP contribution in [0.4, 0.5) is 11.4 Å². The van der Waals surface area contributed by atoms with E-state index in [-0.39, 0.29) is 11.5 Å². The highest BCUT2D eigenvalue weighted by atomic mass is 16.1. The summed E-state index contributed by atoms with van der Waals surface area (Å²) in [5.74, 6) is -0.215. The summed E-state index contributed by atoms with van der Waals surface area (Å²) in [6.07, 6.45) is 1.41. The van der Waals surface area contributed by atoms with Gasteiger partial charge < -0.3 is 0 Å². The van der Waals surface area contributed by atoms with E-state index in [1.165, 1.54) is 6.21 Å². The van der Waals surface area contributed by atoms with Crippen molar-refractivity contribution in [2.45, 2.75) is 0 Å². The topological polar surface area (TPSA) is 65.8 Å². The van der Waals surface area contributed by atoms with Crippen molar-refractivity contribution >= 4 is 29.1 Å². The Bertz CT molecular complexity index is 891. The molecule has 128 valence electrons. The van der Waals surface area contributed by atoms with Gasteiger partial charge >= 0.3 is 0 Å². The number of hydrogen-bond acceptors (Lipinski definition) is 5. The molecule has 3 rings (SSSR count). The molecule has 26 heavy (non-hydrogen) atoms. The number of benzene rings is 3. The van der Waals surface area contributed by atoms with Gasteiger partial charge in [-0.1, -0.05) is 66.7 Å². The van der Waals surface area contributed by atoms with Gasteiger partial charge in [-0.15, -0.1) is 0 Å². The SMILES string of the molecule is O=C(C(/C=N\Nc1ccccc1)=N\Nc1ccccc1)c1ccccc1. The van der Waals surface area contributed by atoms with Crippen LogP contribution in [0.2, 0.25) is 0 Å². The molecule has 3 aromatic rings. The molecular weight excluding hydrogens is 324 g/mol. The average molecular weight is 342 g/mol. The molecule has 0 radical (unpaired) electrons. The van der Waals surface area contributed by atoms with Gasteiger partial charge in [0.15, 0.2) is 5.71 Å². The molecule has 5 heteroatoms. The van der Waals surface area contributed by atoms with E-state index in [1.54, 1.807) is 12.1 Å². The van der Waals surface area contributed by atoms with Crippen LogP contribution in [-0.2, 0) is 0 Å². The largest absolute Gasteiger partial charge is 0.287 e. The summed E-state index contributed by atoms with van der Waals surface area (Å²) in [4.78, 5) is 12.7. The monoisotopic (exact) mass is 342 g/mol. The third kappa shape index (κ3) is 4.88. The number of carbonyl (C=O) groups excluding carboxylic acids is 1. The van der Waals surface area contributed by atoms with Crippen LogP contribution in [0.15, 0.2) is 101 Å². The van der Waals surface area contributed by atoms with E-state index >= 15 is 0 Å². The lowest BCUT2D eigenvalue weighted by Crippen LogP contribution is -2.18. The third-order valence-corrected chi connectivity index (χ3v) is 3.50. The van der Waals surface area contributed by atoms with Crippen LogP contribution in [0.5, 0.6) is 0 Å². The quantitative estimate of drug-likeness (QED) is 0.379. The molecule has 0 atom stereocenters. The Morgan fingerprint density at radius 1 is 0.692 bits per heavy atom. The van der Waals surface area contributed by atoms with Crippen LogP contribution in [0.1, 0.15) is 10.4 Å². The van der Waals surface area contributed by atoms with Crippen LogP contribution in [0.3, 0.4) is 0 Å². The molecule has 0 amide bonds. The van der Waals surface area contributed by atoms with Crippen LogP contribution in [-0.4, -0.2) is 17.7 Å². The smallest absolute Gasteiger partial charge is 0.214 e. The fourth-order valence-electron chi connectivity index (χ4n) is 2.19. The van der Waals surface area contributed by atoms with Crippen molar-refractivity contribution in [1.82, 2.24) is 0 Å². The fourth-order valence-corrected chi connectivity index (χ4v) is 2.19. The van der Waals surface area contributed by atoms with Gasteiger partial charge in [0.2, 0.25) is 5.78 Å². The zero-order valence-electron chi connectivity index (χ0n) is 14.0. The van der Waals surface area contributed by atoms with E-state index in [1.807, 2.05) is 78.9 Å². The molecule has 0 spiro atoms. The average Bonchev–Trinajstić information content (AvgIpc) is 2.72. The molecule has 0 unspecified atom stereocenters. The lowest BCUT2D eigenvalue weighted by Gasteiger charge is -2.04. The number of anilines is 2. The van der Waals surface area contributed by atoms with Crippen LogP contribution in [0, 0.1) is 0 Å². The van der Waals surface area contributed by atoms with Gasteiger partial charge in [-0.3, -0.25) is 15.6 Å². The number of hydrazone groups is 2. The summed E-state index contributed by atoms with van der Waals surface area (Å²) in [5, 5.41) is 8.36. The highest BCUT2D eigenvalue weighted by Crippen LogP contribution is 2.07. The van der Waals surface area contributed by atoms with Crippen molar-refractivity contribution in [3.8, 4) is 0 Å². The predicted octanol–water partition coefficient (Wildman–Crippen LogP) is 4.44. The molecule has 0 aliphatic rings. The van der Waals surface area contributed by atoms with Gasteiger partial charge in [0, 0.05) is 5.56 Å². The van der Waals surface area contributed by atoms with Crippen LogP contribution in [0.25, 0.3) is 0 Å². The number of rotatable bonds is 7. The maximum atomic E-state index is 12.7. The minimum atomic E-state index is -0.215. The Morgan fingerprint density at radius 2 is 1.19 bits per heavy atom. The van der Waals surface area contributed by atoms with Gasteiger partial charge in [-0.25, -0.2) is 0 Å². The number of carbonyl (C=O) groups is 1. The number of Topliss-reactive ketones (excluding diaryl/α,β-unsaturated/α-hetero) is 1. The van der Waals surface area contributed by atoms with Crippen molar-refractivity contribution in [3.63, 3.8) is 0 Å². The molecule has 0 saturated carbocycles. The Morgan fingerprint density at radius 3 is 1.77 bits per heavy atom. The first-order chi connectivity index (χ1) is 12.8. The molecule has 0 heterocycles. The second-order valence-electron chi connectivity index (χ2n) is 5.41. The highest BCUT2D eigenvalue weighted by Gasteiger charge is 2.12. The first kappa shape index (κ1) is 17.1. The maximum absolute atomic E-state index is 12.7. The summed E-state index contributed by atoms with van der Waals surface area (Å²) in [7, 11) is 0. The Labute approximate surface area is 152 Å². The van der Waals surface area contributed by atoms with Crippen molar-refractivity contribution < 1.29 is 4.79 Å². The number of nitrogens with zero attached hydrogens (tertiary/aromatic N) is 2. The minimum Gasteiger partial charge on any atom is -0.287 e. The lowest BCUT2D eigenvalue weighted by molar-refractivity contribution is 0.106. The molecule has 0 fully saturated rings. The number of hydrogen-bond donors (Lipinski definition) is 2. The summed E-state index contributed by atoms with van der Waals surface area (Å²) in [6.45, 7) is 0. The molecular formula is C21H18N4O. The number of ketones is 1. The second-order valence-corrected chi connectivity index (χ2v) is 5.41. The molecule has 2 N–H and O–H groups in total.